The van der Waals surface area contributed by atoms with Crippen LogP contribution in [0.1, 0.15) is 68.3 Å². The molecule has 34 heteroatoms. The molecule has 3 saturated heterocycles. The standard InChI is InChI=1S/C58H73N11O21S2/c1-28-25-68-48(49(28)77)54(82)60-24-34(71)21-37(61-50(78)32-10-8-31(9-11-32)38-27-69-58(62-38)91-55(66-69)33-12-14-36(15-13-33)87-18-6-4-5-17-86-3)51(79)63-45(29(2)70)56(83)67-26-35(72)22-39(67)52(80)64-46(53(81)65-47(57(68)84)42(75)23-44(59)76)41(74)19-30-7-16-40(73)43(20-30)88-92-90-89-85/h7-16,20,27-29,34-35,37,39,41-42,45-49,70-75,77,85H,4-6,17-19,21-26H2,1-3H3,(H2,59,76)(H,60,82)(H,61,78)(H,63,79)(H,64,80)(H,65,81)/t28?,29?,34?,35?,37-,39?,41?,42?,45?,46?,47?,48?,49?/m0/s1. The van der Waals surface area contributed by atoms with Gasteiger partial charge in [-0.2, -0.15) is 5.10 Å². The first-order chi connectivity index (χ1) is 43.9. The fourth-order valence-electron chi connectivity index (χ4n) is 10.8. The number of aromatic hydroxyl groups is 1. The van der Waals surface area contributed by atoms with E-state index in [1.165, 1.54) is 36.5 Å². The van der Waals surface area contributed by atoms with E-state index in [2.05, 4.69) is 36.0 Å². The minimum absolute atomic E-state index is 0.000253. The highest BCUT2D eigenvalue weighted by Crippen LogP contribution is 2.33. The number of ether oxygens (including phenoxy) is 2. The molecule has 8 amide bonds. The first kappa shape index (κ1) is 69.8. The highest BCUT2D eigenvalue weighted by atomic mass is 32.2. The molecular formula is C58H73N11O21S2. The van der Waals surface area contributed by atoms with Gasteiger partial charge in [-0.3, -0.25) is 38.4 Å². The minimum atomic E-state index is -2.22. The Labute approximate surface area is 533 Å². The van der Waals surface area contributed by atoms with Crippen molar-refractivity contribution in [2.75, 3.05) is 40.0 Å². The summed E-state index contributed by atoms with van der Waals surface area (Å²) in [5.41, 5.74) is 7.44. The molecule has 5 heterocycles. The lowest BCUT2D eigenvalue weighted by atomic mass is 9.98. The molecule has 2 aromatic heterocycles. The molecule has 3 fully saturated rings. The summed E-state index contributed by atoms with van der Waals surface area (Å²) in [5.74, 6) is -10.4. The van der Waals surface area contributed by atoms with Crippen LogP contribution in [0.3, 0.4) is 0 Å². The number of imidazole rings is 1. The third kappa shape index (κ3) is 17.5. The predicted molar refractivity (Wildman–Crippen MR) is 323 cm³/mol. The van der Waals surface area contributed by atoms with Crippen LogP contribution in [0.5, 0.6) is 17.2 Å². The van der Waals surface area contributed by atoms with E-state index in [1.54, 1.807) is 30.0 Å². The van der Waals surface area contributed by atoms with Crippen molar-refractivity contribution in [2.45, 2.75) is 132 Å². The number of primary amides is 1. The maximum atomic E-state index is 14.7. The number of benzene rings is 3. The molecule has 0 radical (unpaired) electrons. The molecular weight excluding hydrogens is 1250 g/mol. The molecule has 15 N–H and O–H groups in total. The van der Waals surface area contributed by atoms with E-state index in [-0.39, 0.29) is 29.2 Å². The van der Waals surface area contributed by atoms with Crippen LogP contribution in [0.15, 0.2) is 72.9 Å². The quantitative estimate of drug-likeness (QED) is 0.0158. The number of aliphatic hydroxyl groups is 6. The van der Waals surface area contributed by atoms with Crippen molar-refractivity contribution < 1.29 is 102 Å². The van der Waals surface area contributed by atoms with Gasteiger partial charge in [0.1, 0.15) is 47.0 Å². The summed E-state index contributed by atoms with van der Waals surface area (Å²) < 4.78 is 21.9. The van der Waals surface area contributed by atoms with E-state index in [4.69, 9.17) is 34.7 Å². The molecule has 0 spiro atoms. The third-order valence-corrected chi connectivity index (χ3v) is 17.0. The molecule has 3 aliphatic heterocycles. The number of carbonyl (C=O) groups is 8. The largest absolute Gasteiger partial charge is 0.504 e. The Morgan fingerprint density at radius 1 is 0.804 bits per heavy atom. The zero-order valence-corrected chi connectivity index (χ0v) is 51.6. The normalized spacial score (nSPS) is 24.7. The summed E-state index contributed by atoms with van der Waals surface area (Å²) in [5, 5.41) is 108. The number of aliphatic hydroxyl groups excluding tert-OH is 6. The Balaban J connectivity index is 1.06. The number of hydrogen-bond donors (Lipinski definition) is 14. The molecule has 13 atom stereocenters. The minimum Gasteiger partial charge on any atom is -0.504 e. The summed E-state index contributed by atoms with van der Waals surface area (Å²) in [6.07, 6.45) is -9.10. The average Bonchev–Trinajstić information content (AvgIpc) is 1.67. The lowest BCUT2D eigenvalue weighted by molar-refractivity contribution is -0.433. The molecule has 12 unspecified atom stereocenters. The number of nitrogens with zero attached hydrogens (tertiary/aromatic N) is 5. The third-order valence-electron chi connectivity index (χ3n) is 15.7. The summed E-state index contributed by atoms with van der Waals surface area (Å²) in [7, 11) is 1.67. The van der Waals surface area contributed by atoms with E-state index in [0.29, 0.717) is 34.4 Å². The molecule has 0 bridgehead atoms. The van der Waals surface area contributed by atoms with Crippen LogP contribution in [-0.4, -0.2) is 225 Å². The van der Waals surface area contributed by atoms with Crippen molar-refractivity contribution in [3.8, 4) is 39.1 Å². The van der Waals surface area contributed by atoms with Crippen molar-refractivity contribution in [3.63, 3.8) is 0 Å². The first-order valence-electron chi connectivity index (χ1n) is 29.2. The van der Waals surface area contributed by atoms with E-state index >= 15 is 0 Å². The van der Waals surface area contributed by atoms with Crippen molar-refractivity contribution in [2.24, 2.45) is 11.7 Å². The monoisotopic (exact) mass is 1320 g/mol. The Bertz CT molecular complexity index is 3380. The summed E-state index contributed by atoms with van der Waals surface area (Å²) in [6, 6.07) is 5.42. The number of hydrogen-bond acceptors (Lipinski definition) is 25. The first-order valence-corrected chi connectivity index (χ1v) is 30.7. The van der Waals surface area contributed by atoms with E-state index in [1.807, 2.05) is 24.3 Å². The highest BCUT2D eigenvalue weighted by molar-refractivity contribution is 7.90. The molecule has 5 aromatic rings. The predicted octanol–water partition coefficient (Wildman–Crippen LogP) is -1.79. The number of β-amino-alcohol motifs (C(OH)–C–C–N with tert-alkyl or cyclic N) is 1. The van der Waals surface area contributed by atoms with Crippen LogP contribution in [0.25, 0.3) is 26.8 Å². The van der Waals surface area contributed by atoms with Crippen molar-refractivity contribution >= 4 is 75.9 Å². The van der Waals surface area contributed by atoms with Crippen LogP contribution < -0.4 is 41.2 Å². The number of nitrogens with two attached hydrogens (primary N) is 1. The van der Waals surface area contributed by atoms with Gasteiger partial charge < -0.3 is 91.5 Å². The van der Waals surface area contributed by atoms with E-state index in [9.17, 15) is 74.1 Å². The SMILES string of the molecule is COCCCCCOc1ccc(-c2nn3cc(-c4ccc(C(=O)N[C@H]5CC(O)CNC(=O)C6C(O)C(C)CN6C(=O)C(C(O)CC(N)=O)NC(=O)C(C(O)Cc6ccc(O)c(OSOOO)c6)NC(=O)C6CC(O)CN6C(=O)C(C(C)O)NC5=O)cc4)nc3s2)cc1. The molecule has 32 nitrogen and oxygen atoms in total. The Hall–Kier alpha value is -8.13. The van der Waals surface area contributed by atoms with Gasteiger partial charge in [-0.1, -0.05) is 45.8 Å². The molecule has 92 heavy (non-hydrogen) atoms. The number of fused-ring (bicyclic) bond motifs is 3. The summed E-state index contributed by atoms with van der Waals surface area (Å²) >= 11 is 1.40. The maximum absolute atomic E-state index is 14.7. The Morgan fingerprint density at radius 2 is 1.49 bits per heavy atom. The lowest BCUT2D eigenvalue weighted by Crippen LogP contribution is -2.64. The highest BCUT2D eigenvalue weighted by Gasteiger charge is 2.50. The maximum Gasteiger partial charge on any atom is 0.261 e. The zero-order valence-electron chi connectivity index (χ0n) is 49.9. The van der Waals surface area contributed by atoms with Gasteiger partial charge in [-0.25, -0.2) is 14.8 Å². The van der Waals surface area contributed by atoms with Gasteiger partial charge >= 0.3 is 0 Å². The molecule has 3 aliphatic rings. The Kier molecular flexibility index (Phi) is 24.2. The number of carbonyl (C=O) groups excluding carboxylic acids is 8. The molecule has 498 valence electrons. The van der Waals surface area contributed by atoms with Crippen LogP contribution >= 0.6 is 23.7 Å². The van der Waals surface area contributed by atoms with Crippen molar-refractivity contribution in [3.05, 3.63) is 84.1 Å². The van der Waals surface area contributed by atoms with Crippen LogP contribution in [0.4, 0.5) is 0 Å². The number of phenolic OH excluding ortho intramolecular Hbond substituents is 1. The van der Waals surface area contributed by atoms with Crippen molar-refractivity contribution in [1.82, 2.24) is 51.0 Å². The summed E-state index contributed by atoms with van der Waals surface area (Å²) in [4.78, 5) is 120. The second-order valence-electron chi connectivity index (χ2n) is 22.5. The lowest BCUT2D eigenvalue weighted by Gasteiger charge is -2.33. The smallest absolute Gasteiger partial charge is 0.261 e. The van der Waals surface area contributed by atoms with Gasteiger partial charge in [0.05, 0.1) is 61.5 Å². The van der Waals surface area contributed by atoms with E-state index in [0.717, 1.165) is 59.4 Å². The fourth-order valence-corrected chi connectivity index (χ4v) is 12.0. The number of phenols is 1. The topological polar surface area (TPSA) is 467 Å². The van der Waals surface area contributed by atoms with Gasteiger partial charge in [-0.15, -0.1) is 0 Å². The number of rotatable bonds is 22. The Morgan fingerprint density at radius 3 is 2.17 bits per heavy atom. The van der Waals surface area contributed by atoms with Crippen LogP contribution in [-0.2, 0) is 54.1 Å². The number of nitrogens with one attached hydrogen (secondary N) is 5. The zero-order chi connectivity index (χ0) is 66.5. The number of aromatic nitrogens is 3. The second-order valence-corrected chi connectivity index (χ2v) is 23.9. The van der Waals surface area contributed by atoms with Gasteiger partial charge in [0.15, 0.2) is 11.5 Å². The fraction of sp³-hybridized carbons (Fsp3) is 0.483. The average molecular weight is 1320 g/mol. The van der Waals surface area contributed by atoms with Gasteiger partial charge in [0.2, 0.25) is 46.3 Å². The van der Waals surface area contributed by atoms with Crippen molar-refractivity contribution in [1.29, 1.82) is 0 Å². The van der Waals surface area contributed by atoms with Gasteiger partial charge in [0.25, 0.3) is 18.2 Å². The van der Waals surface area contributed by atoms with Gasteiger partial charge in [-0.05, 0) is 80.3 Å². The number of methoxy groups -OCH3 is 1. The second kappa shape index (κ2) is 31.9. The molecule has 0 aliphatic carbocycles. The number of unbranched alkanes of at least 4 members (excludes halogenated alkanes) is 2. The molecule has 3 aromatic carbocycles. The van der Waals surface area contributed by atoms with Crippen LogP contribution in [0, 0.1) is 5.92 Å². The van der Waals surface area contributed by atoms with Crippen LogP contribution in [0.2, 0.25) is 0 Å². The summed E-state index contributed by atoms with van der Waals surface area (Å²) in [6.45, 7) is 2.14. The number of amides is 8. The van der Waals surface area contributed by atoms with E-state index < -0.39 is 177 Å². The molecule has 0 saturated carbocycles. The van der Waals surface area contributed by atoms with Gasteiger partial charge in [0, 0.05) is 75.2 Å². The molecule has 8 rings (SSSR count).